The Balaban J connectivity index is 2.13. The minimum Gasteiger partial charge on any atom is -0.378 e. The van der Waals surface area contributed by atoms with Crippen LogP contribution in [-0.2, 0) is 4.79 Å². The molecule has 0 spiro atoms. The van der Waals surface area contributed by atoms with Gasteiger partial charge in [0, 0.05) is 16.8 Å². The van der Waals surface area contributed by atoms with Gasteiger partial charge in [-0.1, -0.05) is 12.1 Å². The van der Waals surface area contributed by atoms with Crippen LogP contribution in [0.3, 0.4) is 0 Å². The van der Waals surface area contributed by atoms with Gasteiger partial charge in [0.25, 0.3) is 0 Å². The second-order valence-electron chi connectivity index (χ2n) is 4.55. The largest absolute Gasteiger partial charge is 0.378 e. The normalized spacial score (nSPS) is 11.9. The molecule has 1 aromatic carbocycles. The minimum atomic E-state index is -0.364. The van der Waals surface area contributed by atoms with Crippen LogP contribution >= 0.6 is 11.8 Å². The van der Waals surface area contributed by atoms with Crippen LogP contribution in [0.15, 0.2) is 47.6 Å². The number of carbonyl (C=O) groups is 1. The zero-order chi connectivity index (χ0) is 15.2. The summed E-state index contributed by atoms with van der Waals surface area (Å²) >= 11 is 1.37. The predicted octanol–water partition coefficient (Wildman–Crippen LogP) is 2.97. The highest BCUT2D eigenvalue weighted by Gasteiger charge is 2.10. The number of amides is 1. The number of carbonyl (C=O) groups excluding carboxylic acids is 1. The van der Waals surface area contributed by atoms with Crippen molar-refractivity contribution in [3.8, 4) is 0 Å². The topological polar surface area (TPSA) is 68.0 Å². The Morgan fingerprint density at radius 3 is 2.90 bits per heavy atom. The average molecular weight is 305 g/mol. The van der Waals surface area contributed by atoms with Crippen molar-refractivity contribution in [3.05, 3.63) is 54.1 Å². The van der Waals surface area contributed by atoms with Crippen molar-refractivity contribution >= 4 is 23.4 Å². The van der Waals surface area contributed by atoms with E-state index in [1.807, 2.05) is 31.2 Å². The molecule has 1 aromatic heterocycles. The number of para-hydroxylation sites is 1. The Bertz CT molecular complexity index is 636. The molecule has 3 N–H and O–H groups in total. The third-order valence-electron chi connectivity index (χ3n) is 2.86. The molecule has 0 aliphatic heterocycles. The van der Waals surface area contributed by atoms with Gasteiger partial charge < -0.3 is 11.1 Å². The minimum absolute atomic E-state index is 0.108. The van der Waals surface area contributed by atoms with E-state index in [0.717, 1.165) is 16.1 Å². The Labute approximate surface area is 127 Å². The van der Waals surface area contributed by atoms with E-state index in [-0.39, 0.29) is 23.5 Å². The lowest BCUT2D eigenvalue weighted by molar-refractivity contribution is -0.115. The van der Waals surface area contributed by atoms with E-state index < -0.39 is 0 Å². The fourth-order valence-corrected chi connectivity index (χ4v) is 2.60. The second-order valence-corrected chi connectivity index (χ2v) is 5.57. The van der Waals surface area contributed by atoms with Crippen molar-refractivity contribution in [1.29, 1.82) is 0 Å². The highest BCUT2D eigenvalue weighted by Crippen LogP contribution is 2.29. The molecule has 0 aliphatic carbocycles. The van der Waals surface area contributed by atoms with Gasteiger partial charge in [0.15, 0.2) is 0 Å². The standard InChI is InChI=1S/C15H16FN3OS/c1-10(11-6-12(16)8-18-7-11)19-13-4-2-3-5-14(13)21-9-15(17)20/h2-8,10,19H,9H2,1H3,(H2,17,20). The van der Waals surface area contributed by atoms with Gasteiger partial charge in [-0.2, -0.15) is 0 Å². The summed E-state index contributed by atoms with van der Waals surface area (Å²) < 4.78 is 13.2. The number of benzene rings is 1. The molecular weight excluding hydrogens is 289 g/mol. The number of halogens is 1. The summed E-state index contributed by atoms with van der Waals surface area (Å²) in [5.74, 6) is -0.510. The van der Waals surface area contributed by atoms with E-state index in [1.54, 1.807) is 6.20 Å². The fraction of sp³-hybridized carbons (Fsp3) is 0.200. The van der Waals surface area contributed by atoms with Crippen LogP contribution in [0.1, 0.15) is 18.5 Å². The van der Waals surface area contributed by atoms with Crippen LogP contribution in [0.5, 0.6) is 0 Å². The van der Waals surface area contributed by atoms with E-state index in [9.17, 15) is 9.18 Å². The molecule has 0 bridgehead atoms. The lowest BCUT2D eigenvalue weighted by Gasteiger charge is -2.18. The summed E-state index contributed by atoms with van der Waals surface area (Å²) in [6.45, 7) is 1.92. The van der Waals surface area contributed by atoms with Crippen molar-refractivity contribution < 1.29 is 9.18 Å². The molecule has 1 amide bonds. The Kier molecular flexibility index (Phi) is 5.16. The Morgan fingerprint density at radius 2 is 2.19 bits per heavy atom. The summed E-state index contributed by atoms with van der Waals surface area (Å²) in [4.78, 5) is 15.7. The zero-order valence-corrected chi connectivity index (χ0v) is 12.4. The molecule has 1 heterocycles. The second kappa shape index (κ2) is 7.08. The first-order valence-electron chi connectivity index (χ1n) is 6.43. The first-order chi connectivity index (χ1) is 10.1. The summed E-state index contributed by atoms with van der Waals surface area (Å²) in [5, 5.41) is 3.30. The van der Waals surface area contributed by atoms with Crippen molar-refractivity contribution in [2.75, 3.05) is 11.1 Å². The maximum Gasteiger partial charge on any atom is 0.227 e. The molecule has 2 aromatic rings. The van der Waals surface area contributed by atoms with Crippen LogP contribution in [0, 0.1) is 5.82 Å². The van der Waals surface area contributed by atoms with Gasteiger partial charge in [0.2, 0.25) is 5.91 Å². The SMILES string of the molecule is CC(Nc1ccccc1SCC(N)=O)c1cncc(F)c1. The highest BCUT2D eigenvalue weighted by atomic mass is 32.2. The monoisotopic (exact) mass is 305 g/mol. The van der Waals surface area contributed by atoms with Crippen molar-refractivity contribution in [2.45, 2.75) is 17.9 Å². The number of thioether (sulfide) groups is 1. The van der Waals surface area contributed by atoms with Crippen molar-refractivity contribution in [3.63, 3.8) is 0 Å². The van der Waals surface area contributed by atoms with E-state index in [1.165, 1.54) is 24.0 Å². The Hall–Kier alpha value is -2.08. The van der Waals surface area contributed by atoms with E-state index in [4.69, 9.17) is 5.73 Å². The summed E-state index contributed by atoms with van der Waals surface area (Å²) in [6, 6.07) is 8.95. The number of nitrogens with one attached hydrogen (secondary N) is 1. The van der Waals surface area contributed by atoms with Gasteiger partial charge in [0.05, 0.1) is 18.0 Å². The van der Waals surface area contributed by atoms with Gasteiger partial charge in [-0.3, -0.25) is 9.78 Å². The van der Waals surface area contributed by atoms with Crippen molar-refractivity contribution in [2.24, 2.45) is 5.73 Å². The molecule has 0 fully saturated rings. The summed E-state index contributed by atoms with van der Waals surface area (Å²) in [6.07, 6.45) is 2.80. The number of nitrogens with zero attached hydrogens (tertiary/aromatic N) is 1. The molecule has 0 aliphatic rings. The number of nitrogens with two attached hydrogens (primary N) is 1. The fourth-order valence-electron chi connectivity index (χ4n) is 1.84. The molecule has 110 valence electrons. The third-order valence-corrected chi connectivity index (χ3v) is 3.95. The van der Waals surface area contributed by atoms with Gasteiger partial charge >= 0.3 is 0 Å². The molecular formula is C15H16FN3OS. The van der Waals surface area contributed by atoms with E-state index >= 15 is 0 Å². The van der Waals surface area contributed by atoms with E-state index in [2.05, 4.69) is 10.3 Å². The van der Waals surface area contributed by atoms with Gasteiger partial charge in [-0.25, -0.2) is 4.39 Å². The maximum absolute atomic E-state index is 13.2. The van der Waals surface area contributed by atoms with Crippen LogP contribution < -0.4 is 11.1 Å². The maximum atomic E-state index is 13.2. The molecule has 21 heavy (non-hydrogen) atoms. The molecule has 1 atom stereocenters. The van der Waals surface area contributed by atoms with Crippen LogP contribution in [0.2, 0.25) is 0 Å². The molecule has 0 saturated carbocycles. The Morgan fingerprint density at radius 1 is 1.43 bits per heavy atom. The van der Waals surface area contributed by atoms with Crippen molar-refractivity contribution in [1.82, 2.24) is 4.98 Å². The predicted molar refractivity (Wildman–Crippen MR) is 82.6 cm³/mol. The van der Waals surface area contributed by atoms with Gasteiger partial charge in [-0.05, 0) is 30.7 Å². The number of pyridine rings is 1. The lowest BCUT2D eigenvalue weighted by atomic mass is 10.1. The van der Waals surface area contributed by atoms with E-state index in [0.29, 0.717) is 0 Å². The lowest BCUT2D eigenvalue weighted by Crippen LogP contribution is -2.13. The molecule has 0 saturated heterocycles. The summed E-state index contributed by atoms with van der Waals surface area (Å²) in [7, 11) is 0. The number of hydrogen-bond donors (Lipinski definition) is 2. The number of aromatic nitrogens is 1. The molecule has 2 rings (SSSR count). The molecule has 4 nitrogen and oxygen atoms in total. The average Bonchev–Trinajstić information content (AvgIpc) is 2.46. The number of hydrogen-bond acceptors (Lipinski definition) is 4. The van der Waals surface area contributed by atoms with Crippen LogP contribution in [0.25, 0.3) is 0 Å². The quantitative estimate of drug-likeness (QED) is 0.805. The zero-order valence-electron chi connectivity index (χ0n) is 11.5. The van der Waals surface area contributed by atoms with Gasteiger partial charge in [-0.15, -0.1) is 11.8 Å². The molecule has 0 radical (unpaired) electrons. The van der Waals surface area contributed by atoms with Crippen LogP contribution in [0.4, 0.5) is 10.1 Å². The highest BCUT2D eigenvalue weighted by molar-refractivity contribution is 8.00. The number of rotatable bonds is 6. The first kappa shape index (κ1) is 15.3. The van der Waals surface area contributed by atoms with Gasteiger partial charge in [0.1, 0.15) is 5.82 Å². The molecule has 1 unspecified atom stereocenters. The number of anilines is 1. The number of primary amides is 1. The van der Waals surface area contributed by atoms with Crippen LogP contribution in [-0.4, -0.2) is 16.6 Å². The smallest absolute Gasteiger partial charge is 0.227 e. The molecule has 6 heteroatoms. The summed E-state index contributed by atoms with van der Waals surface area (Å²) in [5.41, 5.74) is 6.80. The third kappa shape index (κ3) is 4.46. The first-order valence-corrected chi connectivity index (χ1v) is 7.42.